The second-order valence-electron chi connectivity index (χ2n) is 12.8. The van der Waals surface area contributed by atoms with Gasteiger partial charge in [-0.15, -0.1) is 0 Å². The molecule has 2 amide bonds. The zero-order valence-corrected chi connectivity index (χ0v) is 23.5. The summed E-state index contributed by atoms with van der Waals surface area (Å²) >= 11 is 0. The smallest absolute Gasteiger partial charge is 0.249 e. The molecule has 2 N–H and O–H groups in total. The molecule has 7 nitrogen and oxygen atoms in total. The Bertz CT molecular complexity index is 777. The van der Waals surface area contributed by atoms with Gasteiger partial charge < -0.3 is 15.0 Å². The number of carbonyl (C=O) groups is 2. The van der Waals surface area contributed by atoms with E-state index in [1.54, 1.807) is 0 Å². The quantitative estimate of drug-likeness (QED) is 0.542. The van der Waals surface area contributed by atoms with Gasteiger partial charge in [-0.1, -0.05) is 64.7 Å². The maximum absolute atomic E-state index is 13.5. The topological polar surface area (TPSA) is 73.9 Å². The Kier molecular flexibility index (Phi) is 9.13. The molecule has 5 aliphatic rings. The lowest BCUT2D eigenvalue weighted by molar-refractivity contribution is -0.146. The van der Waals surface area contributed by atoms with E-state index in [-0.39, 0.29) is 23.5 Å². The molecular weight excluding hydrogens is 464 g/mol. The molecular formula is C30H52N4O3. The number of nitrogens with zero attached hydrogens (tertiary/aromatic N) is 2. The fraction of sp³-hybridized carbons (Fsp3) is 0.933. The normalized spacial score (nSPS) is 37.5. The van der Waals surface area contributed by atoms with Crippen LogP contribution in [0.4, 0.5) is 0 Å². The lowest BCUT2D eigenvalue weighted by atomic mass is 9.77. The highest BCUT2D eigenvalue weighted by atomic mass is 16.5. The van der Waals surface area contributed by atoms with Gasteiger partial charge in [0, 0.05) is 26.2 Å². The first-order valence-corrected chi connectivity index (χ1v) is 15.8. The summed E-state index contributed by atoms with van der Waals surface area (Å²) in [5.74, 6) is 1.24. The minimum atomic E-state index is -0.413. The fourth-order valence-corrected chi connectivity index (χ4v) is 8.52. The minimum Gasteiger partial charge on any atom is -0.362 e. The molecule has 37 heavy (non-hydrogen) atoms. The zero-order chi connectivity index (χ0) is 25.8. The van der Waals surface area contributed by atoms with Crippen molar-refractivity contribution in [2.45, 2.75) is 146 Å². The number of hydrogen-bond donors (Lipinski definition) is 2. The highest BCUT2D eigenvalue weighted by Gasteiger charge is 2.49. The summed E-state index contributed by atoms with van der Waals surface area (Å²) in [7, 11) is 2.13. The molecule has 3 heterocycles. The van der Waals surface area contributed by atoms with Crippen LogP contribution in [-0.2, 0) is 14.3 Å². The fourth-order valence-electron chi connectivity index (χ4n) is 8.52. The van der Waals surface area contributed by atoms with E-state index in [1.165, 1.54) is 83.5 Å². The van der Waals surface area contributed by atoms with Gasteiger partial charge in [-0.25, -0.2) is 5.01 Å². The van der Waals surface area contributed by atoms with Crippen molar-refractivity contribution in [3.05, 3.63) is 0 Å². The lowest BCUT2D eigenvalue weighted by Gasteiger charge is -2.38. The van der Waals surface area contributed by atoms with Crippen LogP contribution in [0.1, 0.15) is 116 Å². The van der Waals surface area contributed by atoms with Crippen LogP contribution in [0.15, 0.2) is 0 Å². The molecule has 0 radical (unpaired) electrons. The third-order valence-corrected chi connectivity index (χ3v) is 10.7. The average Bonchev–Trinajstić information content (AvgIpc) is 3.63. The van der Waals surface area contributed by atoms with E-state index >= 15 is 0 Å². The predicted molar refractivity (Wildman–Crippen MR) is 146 cm³/mol. The van der Waals surface area contributed by atoms with E-state index in [0.29, 0.717) is 24.3 Å². The van der Waals surface area contributed by atoms with Crippen LogP contribution in [0.25, 0.3) is 0 Å². The second kappa shape index (κ2) is 12.3. The largest absolute Gasteiger partial charge is 0.362 e. The van der Waals surface area contributed by atoms with Crippen molar-refractivity contribution in [2.75, 3.05) is 20.1 Å². The summed E-state index contributed by atoms with van der Waals surface area (Å²) in [6, 6.07) is 0.159. The second-order valence-corrected chi connectivity index (χ2v) is 12.8. The standard InChI is InChI=1S/C30H52N4O3/c1-3-30(23-15-11-6-4-5-7-12-16-23)19-17-26(37-30)28(35)32-24-18-20-34(29(24)36)25-21-31-33(2)27(25)22-13-9-8-10-14-22/h22-27,31H,3-21H2,1-2H3,(H,32,35)/t24-,25?,26?,27?,30?/m0/s1. The first-order chi connectivity index (χ1) is 18.0. The van der Waals surface area contributed by atoms with Gasteiger partial charge >= 0.3 is 0 Å². The molecule has 3 saturated heterocycles. The first-order valence-electron chi connectivity index (χ1n) is 15.8. The summed E-state index contributed by atoms with van der Waals surface area (Å²) in [4.78, 5) is 29.0. The molecule has 0 spiro atoms. The number of amides is 2. The Labute approximate surface area is 224 Å². The summed E-state index contributed by atoms with van der Waals surface area (Å²) in [5, 5.41) is 5.40. The summed E-state index contributed by atoms with van der Waals surface area (Å²) in [6.07, 6.45) is 19.9. The number of hydrazine groups is 1. The molecule has 4 unspecified atom stereocenters. The number of likely N-dealkylation sites (N-methyl/N-ethyl adjacent to an activating group) is 1. The Morgan fingerprint density at radius 3 is 2.32 bits per heavy atom. The Balaban J connectivity index is 1.18. The van der Waals surface area contributed by atoms with Crippen molar-refractivity contribution in [1.82, 2.24) is 20.7 Å². The Morgan fingerprint density at radius 1 is 0.973 bits per heavy atom. The number of rotatable bonds is 6. The van der Waals surface area contributed by atoms with Gasteiger partial charge in [0.05, 0.1) is 11.6 Å². The van der Waals surface area contributed by atoms with E-state index in [4.69, 9.17) is 4.74 Å². The number of hydrogen-bond acceptors (Lipinski definition) is 5. The van der Waals surface area contributed by atoms with E-state index < -0.39 is 12.1 Å². The van der Waals surface area contributed by atoms with Gasteiger partial charge in [0.25, 0.3) is 0 Å². The van der Waals surface area contributed by atoms with Crippen LogP contribution < -0.4 is 10.7 Å². The van der Waals surface area contributed by atoms with Crippen LogP contribution in [0, 0.1) is 11.8 Å². The van der Waals surface area contributed by atoms with E-state index in [2.05, 4.69) is 34.6 Å². The van der Waals surface area contributed by atoms with Gasteiger partial charge in [0.1, 0.15) is 12.1 Å². The maximum Gasteiger partial charge on any atom is 0.249 e. The van der Waals surface area contributed by atoms with Gasteiger partial charge in [-0.3, -0.25) is 15.0 Å². The molecule has 5 atom stereocenters. The zero-order valence-electron chi connectivity index (χ0n) is 23.5. The lowest BCUT2D eigenvalue weighted by Crippen LogP contribution is -2.53. The molecule has 3 aliphatic heterocycles. The van der Waals surface area contributed by atoms with Crippen LogP contribution in [0.5, 0.6) is 0 Å². The first kappa shape index (κ1) is 27.4. The van der Waals surface area contributed by atoms with Crippen molar-refractivity contribution in [1.29, 1.82) is 0 Å². The SMILES string of the molecule is CCC1(C2CCCCCCCC2)CCC(C(=O)N[C@H]2CCN(C3CNN(C)C3C3CCCCC3)C2=O)O1. The van der Waals surface area contributed by atoms with Crippen LogP contribution in [-0.4, -0.2) is 71.7 Å². The third-order valence-electron chi connectivity index (χ3n) is 10.7. The number of nitrogens with one attached hydrogen (secondary N) is 2. The third kappa shape index (κ3) is 5.89. The molecule has 5 rings (SSSR count). The summed E-state index contributed by atoms with van der Waals surface area (Å²) in [5.41, 5.74) is 3.34. The predicted octanol–water partition coefficient (Wildman–Crippen LogP) is 4.55. The van der Waals surface area contributed by atoms with Crippen molar-refractivity contribution in [3.8, 4) is 0 Å². The van der Waals surface area contributed by atoms with Gasteiger partial charge in [-0.05, 0) is 63.2 Å². The Hall–Kier alpha value is -1.18. The van der Waals surface area contributed by atoms with E-state index in [0.717, 1.165) is 32.4 Å². The van der Waals surface area contributed by atoms with Crippen LogP contribution in [0.2, 0.25) is 0 Å². The average molecular weight is 517 g/mol. The Morgan fingerprint density at radius 2 is 1.62 bits per heavy atom. The van der Waals surface area contributed by atoms with Crippen molar-refractivity contribution in [2.24, 2.45) is 11.8 Å². The molecule has 7 heteroatoms. The number of likely N-dealkylation sites (tertiary alicyclic amines) is 1. The number of carbonyl (C=O) groups excluding carboxylic acids is 2. The molecule has 5 fully saturated rings. The highest BCUT2D eigenvalue weighted by Crippen LogP contribution is 2.44. The maximum atomic E-state index is 13.5. The monoisotopic (exact) mass is 516 g/mol. The molecule has 2 saturated carbocycles. The van der Waals surface area contributed by atoms with Crippen molar-refractivity contribution in [3.63, 3.8) is 0 Å². The summed E-state index contributed by atoms with van der Waals surface area (Å²) in [6.45, 7) is 3.79. The minimum absolute atomic E-state index is 0.0657. The van der Waals surface area contributed by atoms with Gasteiger partial charge in [-0.2, -0.15) is 0 Å². The molecule has 0 aromatic heterocycles. The van der Waals surface area contributed by atoms with Crippen molar-refractivity contribution < 1.29 is 14.3 Å². The molecule has 0 bridgehead atoms. The van der Waals surface area contributed by atoms with Gasteiger partial charge in [0.15, 0.2) is 0 Å². The van der Waals surface area contributed by atoms with E-state index in [9.17, 15) is 9.59 Å². The van der Waals surface area contributed by atoms with E-state index in [1.807, 2.05) is 0 Å². The molecule has 0 aromatic rings. The van der Waals surface area contributed by atoms with Gasteiger partial charge in [0.2, 0.25) is 11.8 Å². The molecule has 0 aromatic carbocycles. The molecule has 210 valence electrons. The van der Waals surface area contributed by atoms with Crippen LogP contribution >= 0.6 is 0 Å². The van der Waals surface area contributed by atoms with Crippen molar-refractivity contribution >= 4 is 11.8 Å². The highest BCUT2D eigenvalue weighted by molar-refractivity contribution is 5.91. The van der Waals surface area contributed by atoms with Crippen LogP contribution in [0.3, 0.4) is 0 Å². The molecule has 2 aliphatic carbocycles. The summed E-state index contributed by atoms with van der Waals surface area (Å²) < 4.78 is 6.67. The number of ether oxygens (including phenoxy) is 1.